The van der Waals surface area contributed by atoms with Crippen LogP contribution >= 0.6 is 0 Å². The molecule has 0 radical (unpaired) electrons. The summed E-state index contributed by atoms with van der Waals surface area (Å²) in [6.45, 7) is 6.92. The number of hydrogen-bond donors (Lipinski definition) is 2. The van der Waals surface area contributed by atoms with Crippen molar-refractivity contribution in [3.63, 3.8) is 0 Å². The van der Waals surface area contributed by atoms with E-state index < -0.39 is 0 Å². The maximum atomic E-state index is 9.43. The molecule has 0 saturated heterocycles. The van der Waals surface area contributed by atoms with Crippen LogP contribution in [-0.2, 0) is 0 Å². The monoisotopic (exact) mass is 187 g/mol. The maximum absolute atomic E-state index is 9.43. The van der Waals surface area contributed by atoms with E-state index in [1.807, 2.05) is 6.07 Å². The van der Waals surface area contributed by atoms with Crippen molar-refractivity contribution in [1.82, 2.24) is 10.2 Å². The molecule has 0 bridgehead atoms. The second kappa shape index (κ2) is 2.99. The van der Waals surface area contributed by atoms with Gasteiger partial charge in [0.15, 0.2) is 0 Å². The lowest BCUT2D eigenvalue weighted by molar-refractivity contribution is 0.515. The van der Waals surface area contributed by atoms with E-state index in [4.69, 9.17) is 0 Å². The van der Waals surface area contributed by atoms with Crippen molar-refractivity contribution in [3.05, 3.63) is 30.5 Å². The standard InChI is InChI=1S/C10H9N3O/c1-6(14)10-7-5-12-13-8(7)3-4-9(10)11-2/h3-5,14H,1-2H2,(H,12,13). The van der Waals surface area contributed by atoms with E-state index in [9.17, 15) is 5.11 Å². The number of aromatic amines is 1. The van der Waals surface area contributed by atoms with Crippen LogP contribution in [0.2, 0.25) is 0 Å². The van der Waals surface area contributed by atoms with Gasteiger partial charge in [0, 0.05) is 5.39 Å². The van der Waals surface area contributed by atoms with Gasteiger partial charge in [-0.3, -0.25) is 10.1 Å². The molecule has 2 rings (SSSR count). The van der Waals surface area contributed by atoms with Crippen LogP contribution in [-0.4, -0.2) is 22.0 Å². The van der Waals surface area contributed by atoms with Crippen molar-refractivity contribution < 1.29 is 5.11 Å². The Balaban J connectivity index is 2.88. The lowest BCUT2D eigenvalue weighted by Gasteiger charge is -2.04. The van der Waals surface area contributed by atoms with Crippen molar-refractivity contribution in [3.8, 4) is 0 Å². The summed E-state index contributed by atoms with van der Waals surface area (Å²) in [6.07, 6.45) is 1.63. The number of aliphatic hydroxyl groups is 1. The third-order valence-corrected chi connectivity index (χ3v) is 2.06. The normalized spacial score (nSPS) is 10.3. The zero-order chi connectivity index (χ0) is 10.1. The van der Waals surface area contributed by atoms with Gasteiger partial charge in [-0.25, -0.2) is 0 Å². The minimum atomic E-state index is -0.0283. The van der Waals surface area contributed by atoms with E-state index in [0.29, 0.717) is 11.3 Å². The van der Waals surface area contributed by atoms with Crippen molar-refractivity contribution >= 4 is 29.1 Å². The van der Waals surface area contributed by atoms with E-state index in [2.05, 4.69) is 28.5 Å². The molecule has 0 fully saturated rings. The molecule has 0 aliphatic rings. The molecule has 0 aliphatic carbocycles. The fourth-order valence-corrected chi connectivity index (χ4v) is 1.44. The average molecular weight is 187 g/mol. The van der Waals surface area contributed by atoms with Gasteiger partial charge in [-0.1, -0.05) is 6.58 Å². The highest BCUT2D eigenvalue weighted by Gasteiger charge is 2.10. The highest BCUT2D eigenvalue weighted by molar-refractivity contribution is 5.94. The van der Waals surface area contributed by atoms with Gasteiger partial charge in [0.2, 0.25) is 0 Å². The predicted octanol–water partition coefficient (Wildman–Crippen LogP) is 2.42. The van der Waals surface area contributed by atoms with Gasteiger partial charge in [-0.2, -0.15) is 5.10 Å². The molecule has 4 nitrogen and oxygen atoms in total. The molecule has 4 heteroatoms. The smallest absolute Gasteiger partial charge is 0.118 e. The van der Waals surface area contributed by atoms with Crippen molar-refractivity contribution in [1.29, 1.82) is 0 Å². The Hall–Kier alpha value is -2.10. The molecule has 1 aromatic carbocycles. The van der Waals surface area contributed by atoms with Gasteiger partial charge in [0.25, 0.3) is 0 Å². The highest BCUT2D eigenvalue weighted by Crippen LogP contribution is 2.30. The minimum absolute atomic E-state index is 0.0283. The van der Waals surface area contributed by atoms with E-state index in [1.54, 1.807) is 12.3 Å². The zero-order valence-corrected chi connectivity index (χ0v) is 7.49. The summed E-state index contributed by atoms with van der Waals surface area (Å²) in [4.78, 5) is 3.81. The van der Waals surface area contributed by atoms with Gasteiger partial charge in [-0.05, 0) is 18.9 Å². The van der Waals surface area contributed by atoms with Gasteiger partial charge in [0.05, 0.1) is 23.0 Å². The Bertz CT molecular complexity index is 513. The Labute approximate surface area is 80.6 Å². The summed E-state index contributed by atoms with van der Waals surface area (Å²) in [5, 5.41) is 16.9. The largest absolute Gasteiger partial charge is 0.508 e. The van der Waals surface area contributed by atoms with Gasteiger partial charge >= 0.3 is 0 Å². The number of aromatic nitrogens is 2. The molecule has 70 valence electrons. The molecular formula is C10H9N3O. The third-order valence-electron chi connectivity index (χ3n) is 2.06. The van der Waals surface area contributed by atoms with Crippen LogP contribution in [0, 0.1) is 0 Å². The Kier molecular flexibility index (Phi) is 1.81. The van der Waals surface area contributed by atoms with Crippen LogP contribution in [0.15, 0.2) is 29.9 Å². The third kappa shape index (κ3) is 1.08. The van der Waals surface area contributed by atoms with Crippen LogP contribution in [0.5, 0.6) is 0 Å². The number of fused-ring (bicyclic) bond motifs is 1. The molecule has 0 unspecified atom stereocenters. The summed E-state index contributed by atoms with van der Waals surface area (Å²) in [6, 6.07) is 3.59. The van der Waals surface area contributed by atoms with E-state index in [0.717, 1.165) is 10.9 Å². The first-order valence-electron chi connectivity index (χ1n) is 4.05. The van der Waals surface area contributed by atoms with Crippen molar-refractivity contribution in [2.24, 2.45) is 4.99 Å². The molecule has 1 aromatic heterocycles. The lowest BCUT2D eigenvalue weighted by atomic mass is 10.1. The van der Waals surface area contributed by atoms with Gasteiger partial charge < -0.3 is 5.11 Å². The van der Waals surface area contributed by atoms with Crippen LogP contribution in [0.3, 0.4) is 0 Å². The molecule has 0 saturated carbocycles. The van der Waals surface area contributed by atoms with Gasteiger partial charge in [0.1, 0.15) is 5.76 Å². The Morgan fingerprint density at radius 3 is 2.93 bits per heavy atom. The van der Waals surface area contributed by atoms with Gasteiger partial charge in [-0.15, -0.1) is 0 Å². The molecule has 1 heterocycles. The number of hydrogen-bond acceptors (Lipinski definition) is 3. The number of aliphatic imine (C=N–C) groups is 1. The molecule has 2 N–H and O–H groups in total. The maximum Gasteiger partial charge on any atom is 0.118 e. The zero-order valence-electron chi connectivity index (χ0n) is 7.49. The van der Waals surface area contributed by atoms with Crippen LogP contribution < -0.4 is 0 Å². The second-order valence-electron chi connectivity index (χ2n) is 2.90. The van der Waals surface area contributed by atoms with Crippen LogP contribution in [0.4, 0.5) is 5.69 Å². The number of benzene rings is 1. The first kappa shape index (κ1) is 8.50. The summed E-state index contributed by atoms with van der Waals surface area (Å²) in [5.74, 6) is -0.0283. The molecule has 2 aromatic rings. The highest BCUT2D eigenvalue weighted by atomic mass is 16.3. The fraction of sp³-hybridized carbons (Fsp3) is 0. The van der Waals surface area contributed by atoms with E-state index >= 15 is 0 Å². The average Bonchev–Trinajstić information content (AvgIpc) is 2.62. The first-order valence-corrected chi connectivity index (χ1v) is 4.05. The topological polar surface area (TPSA) is 61.3 Å². The number of nitrogens with one attached hydrogen (secondary N) is 1. The summed E-state index contributed by atoms with van der Waals surface area (Å²) in [5.41, 5.74) is 2.01. The lowest BCUT2D eigenvalue weighted by Crippen LogP contribution is -1.83. The quantitative estimate of drug-likeness (QED) is 0.560. The Morgan fingerprint density at radius 2 is 2.29 bits per heavy atom. The molecule has 0 amide bonds. The molecule has 14 heavy (non-hydrogen) atoms. The first-order chi connectivity index (χ1) is 6.74. The van der Waals surface area contributed by atoms with E-state index in [-0.39, 0.29) is 5.76 Å². The minimum Gasteiger partial charge on any atom is -0.508 e. The van der Waals surface area contributed by atoms with Crippen LogP contribution in [0.1, 0.15) is 5.56 Å². The molecular weight excluding hydrogens is 178 g/mol. The number of rotatable bonds is 2. The summed E-state index contributed by atoms with van der Waals surface area (Å²) < 4.78 is 0. The molecule has 0 atom stereocenters. The summed E-state index contributed by atoms with van der Waals surface area (Å²) in [7, 11) is 0. The molecule has 0 spiro atoms. The summed E-state index contributed by atoms with van der Waals surface area (Å²) >= 11 is 0. The predicted molar refractivity (Wildman–Crippen MR) is 57.0 cm³/mol. The fourth-order valence-electron chi connectivity index (χ4n) is 1.44. The number of aliphatic hydroxyl groups excluding tert-OH is 1. The van der Waals surface area contributed by atoms with E-state index in [1.165, 1.54) is 0 Å². The second-order valence-corrected chi connectivity index (χ2v) is 2.90. The number of H-pyrrole nitrogens is 1. The SMILES string of the molecule is C=Nc1ccc2[nH]ncc2c1C(=C)O. The van der Waals surface area contributed by atoms with Crippen molar-refractivity contribution in [2.75, 3.05) is 0 Å². The van der Waals surface area contributed by atoms with Crippen LogP contribution in [0.25, 0.3) is 16.7 Å². The van der Waals surface area contributed by atoms with Crippen molar-refractivity contribution in [2.45, 2.75) is 0 Å². The molecule has 0 aliphatic heterocycles. The Morgan fingerprint density at radius 1 is 1.50 bits per heavy atom. The number of nitrogens with zero attached hydrogens (tertiary/aromatic N) is 2.